The van der Waals surface area contributed by atoms with Crippen molar-refractivity contribution in [3.8, 4) is 0 Å². The number of benzene rings is 1. The van der Waals surface area contributed by atoms with E-state index in [2.05, 4.69) is 5.32 Å². The Bertz CT molecular complexity index is 535. The summed E-state index contributed by atoms with van der Waals surface area (Å²) in [7, 11) is 0. The number of carbonyl (C=O) groups excluding carboxylic acids is 2. The molecule has 1 aromatic carbocycles. The topological polar surface area (TPSA) is 55.4 Å². The van der Waals surface area contributed by atoms with Crippen LogP contribution in [0.5, 0.6) is 0 Å². The van der Waals surface area contributed by atoms with Gasteiger partial charge in [0.25, 0.3) is 5.91 Å². The van der Waals surface area contributed by atoms with Gasteiger partial charge >= 0.3 is 12.1 Å². The van der Waals surface area contributed by atoms with Crippen molar-refractivity contribution in [1.29, 1.82) is 0 Å². The van der Waals surface area contributed by atoms with E-state index in [4.69, 9.17) is 4.74 Å². The van der Waals surface area contributed by atoms with Gasteiger partial charge in [0.1, 0.15) is 0 Å². The number of amides is 1. The van der Waals surface area contributed by atoms with Crippen LogP contribution in [0.3, 0.4) is 0 Å². The van der Waals surface area contributed by atoms with Crippen LogP contribution in [0.25, 0.3) is 0 Å². The Balaban J connectivity index is 2.64. The summed E-state index contributed by atoms with van der Waals surface area (Å²) < 4.78 is 41.9. The summed E-state index contributed by atoms with van der Waals surface area (Å²) in [5.41, 5.74) is -0.630. The van der Waals surface area contributed by atoms with Gasteiger partial charge in [0.05, 0.1) is 5.56 Å². The first kappa shape index (κ1) is 16.7. The van der Waals surface area contributed by atoms with Gasteiger partial charge in [-0.1, -0.05) is 6.08 Å². The average Bonchev–Trinajstić information content (AvgIpc) is 2.38. The molecule has 4 nitrogen and oxygen atoms in total. The number of allylic oxidation sites excluding steroid dienone is 1. The Kier molecular flexibility index (Phi) is 5.52. The highest BCUT2D eigenvalue weighted by atomic mass is 19.4. The Hall–Kier alpha value is -2.31. The second-order valence-corrected chi connectivity index (χ2v) is 4.14. The van der Waals surface area contributed by atoms with E-state index in [1.54, 1.807) is 6.92 Å². The molecule has 21 heavy (non-hydrogen) atoms. The minimum absolute atomic E-state index is 0.182. The molecular formula is C14H14F3NO3. The van der Waals surface area contributed by atoms with Crippen LogP contribution < -0.4 is 5.32 Å². The fraction of sp³-hybridized carbons (Fsp3) is 0.286. The SMILES string of the molecule is C/C=C/C(=O)O[C@H](C)C(=O)Nc1ccc(C(F)(F)F)cc1. The highest BCUT2D eigenvalue weighted by Gasteiger charge is 2.30. The molecule has 0 saturated heterocycles. The number of ether oxygens (including phenoxy) is 1. The van der Waals surface area contributed by atoms with E-state index in [9.17, 15) is 22.8 Å². The van der Waals surface area contributed by atoms with Crippen LogP contribution >= 0.6 is 0 Å². The van der Waals surface area contributed by atoms with Crippen LogP contribution in [0.2, 0.25) is 0 Å². The molecule has 1 aromatic rings. The number of hydrogen-bond acceptors (Lipinski definition) is 3. The molecule has 0 heterocycles. The van der Waals surface area contributed by atoms with E-state index in [0.717, 1.165) is 30.3 Å². The third-order valence-electron chi connectivity index (χ3n) is 2.44. The van der Waals surface area contributed by atoms with Crippen molar-refractivity contribution < 1.29 is 27.5 Å². The molecule has 0 aliphatic heterocycles. The van der Waals surface area contributed by atoms with Crippen LogP contribution in [-0.4, -0.2) is 18.0 Å². The van der Waals surface area contributed by atoms with Gasteiger partial charge < -0.3 is 10.1 Å². The van der Waals surface area contributed by atoms with Crippen LogP contribution in [0.1, 0.15) is 19.4 Å². The monoisotopic (exact) mass is 301 g/mol. The van der Waals surface area contributed by atoms with Crippen LogP contribution in [0, 0.1) is 0 Å². The maximum absolute atomic E-state index is 12.4. The number of nitrogens with one attached hydrogen (secondary N) is 1. The van der Waals surface area contributed by atoms with Gasteiger partial charge in [-0.15, -0.1) is 0 Å². The first-order valence-corrected chi connectivity index (χ1v) is 6.05. The third-order valence-corrected chi connectivity index (χ3v) is 2.44. The van der Waals surface area contributed by atoms with E-state index in [1.165, 1.54) is 13.0 Å². The van der Waals surface area contributed by atoms with E-state index in [0.29, 0.717) is 0 Å². The zero-order valence-corrected chi connectivity index (χ0v) is 11.4. The Labute approximate surface area is 119 Å². The van der Waals surface area contributed by atoms with Gasteiger partial charge in [0.2, 0.25) is 0 Å². The number of alkyl halides is 3. The Morgan fingerprint density at radius 2 is 1.81 bits per heavy atom. The average molecular weight is 301 g/mol. The van der Waals surface area contributed by atoms with Crippen molar-refractivity contribution in [2.75, 3.05) is 5.32 Å². The first-order chi connectivity index (χ1) is 9.74. The normalized spacial score (nSPS) is 13.0. The molecule has 0 saturated carbocycles. The highest BCUT2D eigenvalue weighted by molar-refractivity contribution is 5.95. The van der Waals surface area contributed by atoms with Gasteiger partial charge in [-0.2, -0.15) is 13.2 Å². The summed E-state index contributed by atoms with van der Waals surface area (Å²) in [6.07, 6.45) is -2.88. The summed E-state index contributed by atoms with van der Waals surface area (Å²) in [6, 6.07) is 3.96. The molecule has 1 amide bonds. The van der Waals surface area contributed by atoms with Gasteiger partial charge in [0.15, 0.2) is 6.10 Å². The quantitative estimate of drug-likeness (QED) is 0.686. The maximum atomic E-state index is 12.4. The number of anilines is 1. The minimum atomic E-state index is -4.43. The fourth-order valence-electron chi connectivity index (χ4n) is 1.39. The molecule has 0 unspecified atom stereocenters. The van der Waals surface area contributed by atoms with Crippen molar-refractivity contribution in [2.24, 2.45) is 0 Å². The van der Waals surface area contributed by atoms with Gasteiger partial charge in [0, 0.05) is 11.8 Å². The van der Waals surface area contributed by atoms with Crippen molar-refractivity contribution >= 4 is 17.6 Å². The summed E-state index contributed by atoms with van der Waals surface area (Å²) in [6.45, 7) is 2.98. The predicted molar refractivity (Wildman–Crippen MR) is 70.4 cm³/mol. The zero-order valence-electron chi connectivity index (χ0n) is 11.4. The molecule has 1 rings (SSSR count). The molecular weight excluding hydrogens is 287 g/mol. The summed E-state index contributed by atoms with van der Waals surface area (Å²) >= 11 is 0. The lowest BCUT2D eigenvalue weighted by molar-refractivity contribution is -0.148. The number of hydrogen-bond donors (Lipinski definition) is 1. The highest BCUT2D eigenvalue weighted by Crippen LogP contribution is 2.29. The van der Waals surface area contributed by atoms with Crippen molar-refractivity contribution in [3.63, 3.8) is 0 Å². The molecule has 0 fully saturated rings. The molecule has 0 aliphatic carbocycles. The summed E-state index contributed by atoms with van der Waals surface area (Å²) in [4.78, 5) is 22.9. The van der Waals surface area contributed by atoms with E-state index in [-0.39, 0.29) is 5.69 Å². The smallest absolute Gasteiger partial charge is 0.416 e. The van der Waals surface area contributed by atoms with E-state index < -0.39 is 29.7 Å². The molecule has 0 radical (unpaired) electrons. The third kappa shape index (κ3) is 5.29. The Morgan fingerprint density at radius 1 is 1.24 bits per heavy atom. The van der Waals surface area contributed by atoms with E-state index in [1.807, 2.05) is 0 Å². The van der Waals surface area contributed by atoms with E-state index >= 15 is 0 Å². The van der Waals surface area contributed by atoms with Crippen molar-refractivity contribution in [1.82, 2.24) is 0 Å². The van der Waals surface area contributed by atoms with Gasteiger partial charge in [-0.25, -0.2) is 4.79 Å². The number of esters is 1. The lowest BCUT2D eigenvalue weighted by Gasteiger charge is -2.13. The lowest BCUT2D eigenvalue weighted by Crippen LogP contribution is -2.29. The Morgan fingerprint density at radius 3 is 2.29 bits per heavy atom. The number of carbonyl (C=O) groups is 2. The molecule has 114 valence electrons. The first-order valence-electron chi connectivity index (χ1n) is 6.05. The second kappa shape index (κ2) is 6.92. The lowest BCUT2D eigenvalue weighted by atomic mass is 10.2. The number of halogens is 3. The summed E-state index contributed by atoms with van der Waals surface area (Å²) in [5, 5.41) is 2.36. The largest absolute Gasteiger partial charge is 0.449 e. The molecule has 7 heteroatoms. The molecule has 0 aliphatic rings. The van der Waals surface area contributed by atoms with Crippen LogP contribution in [-0.2, 0) is 20.5 Å². The molecule has 1 N–H and O–H groups in total. The maximum Gasteiger partial charge on any atom is 0.416 e. The van der Waals surface area contributed by atoms with Gasteiger partial charge in [-0.3, -0.25) is 4.79 Å². The molecule has 1 atom stereocenters. The predicted octanol–water partition coefficient (Wildman–Crippen LogP) is 3.15. The molecule has 0 aromatic heterocycles. The summed E-state index contributed by atoms with van der Waals surface area (Å²) in [5.74, 6) is -1.31. The number of rotatable bonds is 4. The van der Waals surface area contributed by atoms with Crippen molar-refractivity contribution in [3.05, 3.63) is 42.0 Å². The molecule has 0 bridgehead atoms. The van der Waals surface area contributed by atoms with Crippen LogP contribution in [0.15, 0.2) is 36.4 Å². The standard InChI is InChI=1S/C14H14F3NO3/c1-3-4-12(19)21-9(2)13(20)18-11-7-5-10(6-8-11)14(15,16)17/h3-9H,1-2H3,(H,18,20)/b4-3+/t9-/m1/s1. The van der Waals surface area contributed by atoms with Crippen LogP contribution in [0.4, 0.5) is 18.9 Å². The van der Waals surface area contributed by atoms with Crippen molar-refractivity contribution in [2.45, 2.75) is 26.1 Å². The van der Waals surface area contributed by atoms with Gasteiger partial charge in [-0.05, 0) is 38.1 Å². The fourth-order valence-corrected chi connectivity index (χ4v) is 1.39. The zero-order chi connectivity index (χ0) is 16.0. The minimum Gasteiger partial charge on any atom is -0.449 e. The molecule has 0 spiro atoms. The second-order valence-electron chi connectivity index (χ2n) is 4.14.